The molecule has 0 radical (unpaired) electrons. The molecule has 0 saturated heterocycles. The van der Waals surface area contributed by atoms with Gasteiger partial charge in [-0.05, 0) is 37.5 Å². The third-order valence-electron chi connectivity index (χ3n) is 3.51. The molecular weight excluding hydrogens is 250 g/mol. The van der Waals surface area contributed by atoms with E-state index < -0.39 is 5.97 Å². The zero-order valence-corrected chi connectivity index (χ0v) is 12.4. The van der Waals surface area contributed by atoms with Gasteiger partial charge < -0.3 is 9.67 Å². The third-order valence-corrected chi connectivity index (χ3v) is 3.51. The van der Waals surface area contributed by atoms with Crippen molar-refractivity contribution in [3.63, 3.8) is 0 Å². The minimum absolute atomic E-state index is 0.103. The minimum atomic E-state index is -0.882. The molecule has 0 aliphatic rings. The molecule has 2 aromatic rings. The number of benzene rings is 1. The van der Waals surface area contributed by atoms with Crippen LogP contribution in [0.5, 0.6) is 0 Å². The number of nitrogens with zero attached hydrogens (tertiary/aromatic N) is 1. The highest BCUT2D eigenvalue weighted by molar-refractivity contribution is 5.88. The Balaban J connectivity index is 2.68. The number of hydrogen-bond donors (Lipinski definition) is 1. The molecule has 0 spiro atoms. The molecule has 3 heteroatoms. The summed E-state index contributed by atoms with van der Waals surface area (Å²) < 4.78 is 1.89. The summed E-state index contributed by atoms with van der Waals surface area (Å²) in [7, 11) is 0. The van der Waals surface area contributed by atoms with Gasteiger partial charge in [0.25, 0.3) is 0 Å². The molecule has 0 aliphatic heterocycles. The van der Waals surface area contributed by atoms with Gasteiger partial charge in [-0.3, -0.25) is 0 Å². The summed E-state index contributed by atoms with van der Waals surface area (Å²) in [5, 5.41) is 9.33. The lowest BCUT2D eigenvalue weighted by Crippen LogP contribution is -2.12. The first-order valence-corrected chi connectivity index (χ1v) is 6.97. The van der Waals surface area contributed by atoms with Crippen LogP contribution in [0.3, 0.4) is 0 Å². The average molecular weight is 271 g/mol. The molecule has 0 saturated carbocycles. The van der Waals surface area contributed by atoms with E-state index in [1.807, 2.05) is 36.6 Å². The molecule has 1 aromatic carbocycles. The number of hydrogen-bond acceptors (Lipinski definition) is 1. The van der Waals surface area contributed by atoms with E-state index in [1.54, 1.807) is 6.07 Å². The van der Waals surface area contributed by atoms with Crippen molar-refractivity contribution in [1.82, 2.24) is 4.57 Å². The van der Waals surface area contributed by atoms with Crippen molar-refractivity contribution in [3.8, 4) is 11.3 Å². The second-order valence-corrected chi connectivity index (χ2v) is 5.61. The molecule has 0 aliphatic carbocycles. The highest BCUT2D eigenvalue weighted by atomic mass is 16.4. The van der Waals surface area contributed by atoms with E-state index in [-0.39, 0.29) is 6.04 Å². The van der Waals surface area contributed by atoms with Crippen molar-refractivity contribution in [2.75, 3.05) is 0 Å². The summed E-state index contributed by atoms with van der Waals surface area (Å²) in [5.41, 5.74) is 3.67. The fourth-order valence-electron chi connectivity index (χ4n) is 2.63. The van der Waals surface area contributed by atoms with Crippen LogP contribution in [0.2, 0.25) is 0 Å². The van der Waals surface area contributed by atoms with Crippen LogP contribution < -0.4 is 0 Å². The van der Waals surface area contributed by atoms with E-state index in [9.17, 15) is 9.90 Å². The van der Waals surface area contributed by atoms with Crippen LogP contribution >= 0.6 is 0 Å². The molecule has 0 fully saturated rings. The van der Waals surface area contributed by atoms with Crippen molar-refractivity contribution in [3.05, 3.63) is 47.7 Å². The zero-order chi connectivity index (χ0) is 14.9. The number of aromatic carboxylic acids is 1. The number of aromatic nitrogens is 1. The Kier molecular flexibility index (Phi) is 3.98. The Morgan fingerprint density at radius 3 is 2.25 bits per heavy atom. The highest BCUT2D eigenvalue weighted by Gasteiger charge is 2.19. The van der Waals surface area contributed by atoms with E-state index in [2.05, 4.69) is 26.0 Å². The quantitative estimate of drug-likeness (QED) is 0.885. The van der Waals surface area contributed by atoms with Gasteiger partial charge in [0.1, 0.15) is 5.69 Å². The van der Waals surface area contributed by atoms with Gasteiger partial charge in [-0.1, -0.05) is 38.1 Å². The highest BCUT2D eigenvalue weighted by Crippen LogP contribution is 2.32. The van der Waals surface area contributed by atoms with Crippen LogP contribution in [0.15, 0.2) is 36.4 Å². The summed E-state index contributed by atoms with van der Waals surface area (Å²) in [6.07, 6.45) is 0. The van der Waals surface area contributed by atoms with E-state index in [0.29, 0.717) is 11.6 Å². The molecule has 1 N–H and O–H groups in total. The lowest BCUT2D eigenvalue weighted by Gasteiger charge is -2.19. The molecule has 20 heavy (non-hydrogen) atoms. The second-order valence-electron chi connectivity index (χ2n) is 5.61. The van der Waals surface area contributed by atoms with Crippen LogP contribution in [-0.2, 0) is 0 Å². The Hall–Kier alpha value is -2.03. The van der Waals surface area contributed by atoms with Crippen molar-refractivity contribution in [2.24, 2.45) is 0 Å². The standard InChI is InChI=1S/C17H21NO2/c1-11(2)13-7-5-6-8-14(13)15-9-10-16(17(19)20)18(15)12(3)4/h5-12H,1-4H3,(H,19,20). The molecule has 1 heterocycles. The fourth-order valence-corrected chi connectivity index (χ4v) is 2.63. The lowest BCUT2D eigenvalue weighted by atomic mass is 9.95. The monoisotopic (exact) mass is 271 g/mol. The van der Waals surface area contributed by atoms with E-state index in [0.717, 1.165) is 11.3 Å². The molecule has 0 unspecified atom stereocenters. The molecular formula is C17H21NO2. The van der Waals surface area contributed by atoms with E-state index in [4.69, 9.17) is 0 Å². The number of carboxylic acids is 1. The molecule has 0 amide bonds. The van der Waals surface area contributed by atoms with Gasteiger partial charge in [0.05, 0.1) is 0 Å². The van der Waals surface area contributed by atoms with Crippen LogP contribution in [0, 0.1) is 0 Å². The van der Waals surface area contributed by atoms with Gasteiger partial charge in [-0.25, -0.2) is 4.79 Å². The largest absolute Gasteiger partial charge is 0.477 e. The minimum Gasteiger partial charge on any atom is -0.477 e. The van der Waals surface area contributed by atoms with Crippen LogP contribution in [0.4, 0.5) is 0 Å². The number of carboxylic acid groups (broad SMARTS) is 1. The van der Waals surface area contributed by atoms with Crippen molar-refractivity contribution in [1.29, 1.82) is 0 Å². The lowest BCUT2D eigenvalue weighted by molar-refractivity contribution is 0.0683. The summed E-state index contributed by atoms with van der Waals surface area (Å²) in [4.78, 5) is 11.4. The van der Waals surface area contributed by atoms with Crippen molar-refractivity contribution < 1.29 is 9.90 Å². The van der Waals surface area contributed by atoms with Crippen LogP contribution in [0.25, 0.3) is 11.3 Å². The smallest absolute Gasteiger partial charge is 0.352 e. The summed E-state index contributed by atoms with van der Waals surface area (Å²) in [5.74, 6) is -0.484. The second kappa shape index (κ2) is 5.53. The normalized spacial score (nSPS) is 11.3. The first kappa shape index (κ1) is 14.4. The molecule has 2 rings (SSSR count). The van der Waals surface area contributed by atoms with E-state index >= 15 is 0 Å². The van der Waals surface area contributed by atoms with Gasteiger partial charge >= 0.3 is 5.97 Å². The average Bonchev–Trinajstić information content (AvgIpc) is 2.83. The van der Waals surface area contributed by atoms with Crippen molar-refractivity contribution in [2.45, 2.75) is 39.7 Å². The molecule has 1 aromatic heterocycles. The van der Waals surface area contributed by atoms with E-state index in [1.165, 1.54) is 5.56 Å². The maximum Gasteiger partial charge on any atom is 0.352 e. The molecule has 3 nitrogen and oxygen atoms in total. The van der Waals surface area contributed by atoms with Gasteiger partial charge in [-0.15, -0.1) is 0 Å². The first-order chi connectivity index (χ1) is 9.43. The van der Waals surface area contributed by atoms with Gasteiger partial charge in [-0.2, -0.15) is 0 Å². The number of carbonyl (C=O) groups is 1. The predicted molar refractivity (Wildman–Crippen MR) is 81.3 cm³/mol. The Morgan fingerprint density at radius 1 is 1.05 bits per heavy atom. The summed E-state index contributed by atoms with van der Waals surface area (Å²) in [6.45, 7) is 8.32. The fraction of sp³-hybridized carbons (Fsp3) is 0.353. The molecule has 0 bridgehead atoms. The molecule has 106 valence electrons. The van der Waals surface area contributed by atoms with Crippen LogP contribution in [0.1, 0.15) is 55.7 Å². The maximum atomic E-state index is 11.4. The SMILES string of the molecule is CC(C)c1ccccc1-c1ccc(C(=O)O)n1C(C)C. The third kappa shape index (κ3) is 2.48. The molecule has 0 atom stereocenters. The summed E-state index contributed by atoms with van der Waals surface area (Å²) >= 11 is 0. The zero-order valence-electron chi connectivity index (χ0n) is 12.4. The Bertz CT molecular complexity index is 624. The Morgan fingerprint density at radius 2 is 1.70 bits per heavy atom. The topological polar surface area (TPSA) is 42.2 Å². The van der Waals surface area contributed by atoms with Gasteiger partial charge in [0.2, 0.25) is 0 Å². The number of rotatable bonds is 4. The first-order valence-electron chi connectivity index (χ1n) is 6.97. The van der Waals surface area contributed by atoms with Crippen LogP contribution in [-0.4, -0.2) is 15.6 Å². The van der Waals surface area contributed by atoms with Gasteiger partial charge in [0, 0.05) is 17.3 Å². The predicted octanol–water partition coefficient (Wildman–Crippen LogP) is 4.56. The maximum absolute atomic E-state index is 11.4. The summed E-state index contributed by atoms with van der Waals surface area (Å²) in [6, 6.07) is 11.9. The van der Waals surface area contributed by atoms with Gasteiger partial charge in [0.15, 0.2) is 0 Å². The van der Waals surface area contributed by atoms with Crippen molar-refractivity contribution >= 4 is 5.97 Å². The Labute approximate surface area is 119 Å².